The lowest BCUT2D eigenvalue weighted by Crippen LogP contribution is -2.18. The molecule has 0 saturated heterocycles. The van der Waals surface area contributed by atoms with Gasteiger partial charge in [0.1, 0.15) is 6.26 Å². The maximum Gasteiger partial charge on any atom is 0.180 e. The van der Waals surface area contributed by atoms with Gasteiger partial charge < -0.3 is 9.73 Å². The molecule has 0 unspecified atom stereocenters. The topological polar surface area (TPSA) is 50.4 Å². The molecule has 2 rings (SSSR count). The smallest absolute Gasteiger partial charge is 0.180 e. The Morgan fingerprint density at radius 2 is 2.67 bits per heavy atom. The molecule has 0 aromatic carbocycles. The zero-order valence-electron chi connectivity index (χ0n) is 6.49. The lowest BCUT2D eigenvalue weighted by Gasteiger charge is -2.00. The molecule has 0 amide bonds. The number of nitrogens with zero attached hydrogens (tertiary/aromatic N) is 2. The highest BCUT2D eigenvalue weighted by atomic mass is 32.2. The summed E-state index contributed by atoms with van der Waals surface area (Å²) in [5.74, 6) is 1.08. The highest BCUT2D eigenvalue weighted by molar-refractivity contribution is 8.14. The van der Waals surface area contributed by atoms with Crippen molar-refractivity contribution >= 4 is 16.9 Å². The van der Waals surface area contributed by atoms with Crippen molar-refractivity contribution in [3.05, 3.63) is 18.4 Å². The van der Waals surface area contributed by atoms with E-state index >= 15 is 0 Å². The van der Waals surface area contributed by atoms with E-state index in [-0.39, 0.29) is 0 Å². The Kier molecular flexibility index (Phi) is 2.31. The molecule has 1 aromatic heterocycles. The molecule has 2 heterocycles. The van der Waals surface area contributed by atoms with Crippen LogP contribution in [0.4, 0.5) is 0 Å². The Balaban J connectivity index is 1.82. The van der Waals surface area contributed by atoms with Gasteiger partial charge in [-0.1, -0.05) is 11.8 Å². The van der Waals surface area contributed by atoms with Crippen molar-refractivity contribution in [2.75, 3.05) is 12.3 Å². The maximum atomic E-state index is 4.83. The number of aliphatic imine (C=N–C) groups is 1. The van der Waals surface area contributed by atoms with E-state index in [1.165, 1.54) is 6.39 Å². The van der Waals surface area contributed by atoms with Crippen molar-refractivity contribution in [3.63, 3.8) is 0 Å². The van der Waals surface area contributed by atoms with Crippen LogP contribution in [0.15, 0.2) is 22.1 Å². The first-order valence-electron chi connectivity index (χ1n) is 3.73. The second-order valence-corrected chi connectivity index (χ2v) is 3.45. The molecule has 0 saturated carbocycles. The molecule has 12 heavy (non-hydrogen) atoms. The lowest BCUT2D eigenvalue weighted by molar-refractivity contribution is 0.556. The molecule has 0 bridgehead atoms. The molecule has 0 aliphatic carbocycles. The summed E-state index contributed by atoms with van der Waals surface area (Å²) in [6.07, 6.45) is 3.06. The number of thioether (sulfide) groups is 1. The number of hydrogen-bond donors (Lipinski definition) is 1. The van der Waals surface area contributed by atoms with Crippen LogP contribution in [-0.4, -0.2) is 22.4 Å². The van der Waals surface area contributed by atoms with E-state index in [0.717, 1.165) is 23.2 Å². The van der Waals surface area contributed by atoms with Crippen LogP contribution in [0.1, 0.15) is 5.69 Å². The zero-order valence-corrected chi connectivity index (χ0v) is 7.30. The molecule has 1 aliphatic heterocycles. The summed E-state index contributed by atoms with van der Waals surface area (Å²) in [4.78, 5) is 8.23. The molecule has 1 aliphatic rings. The summed E-state index contributed by atoms with van der Waals surface area (Å²) >= 11 is 1.74. The second-order valence-electron chi connectivity index (χ2n) is 2.37. The average Bonchev–Trinajstić information content (AvgIpc) is 2.74. The van der Waals surface area contributed by atoms with Gasteiger partial charge in [-0.3, -0.25) is 4.99 Å². The van der Waals surface area contributed by atoms with Gasteiger partial charge in [0.05, 0.1) is 18.8 Å². The number of rotatable bonds is 2. The van der Waals surface area contributed by atoms with Crippen LogP contribution in [0.3, 0.4) is 0 Å². The van der Waals surface area contributed by atoms with Crippen LogP contribution < -0.4 is 5.32 Å². The monoisotopic (exact) mass is 183 g/mol. The van der Waals surface area contributed by atoms with E-state index in [1.807, 2.05) is 0 Å². The van der Waals surface area contributed by atoms with Gasteiger partial charge in [-0.15, -0.1) is 0 Å². The van der Waals surface area contributed by atoms with Gasteiger partial charge >= 0.3 is 0 Å². The lowest BCUT2D eigenvalue weighted by atomic mass is 10.5. The van der Waals surface area contributed by atoms with Crippen LogP contribution in [0.5, 0.6) is 0 Å². The SMILES string of the molecule is c1nc(CNC2=NCCS2)co1. The highest BCUT2D eigenvalue weighted by Gasteiger charge is 2.06. The van der Waals surface area contributed by atoms with Crippen molar-refractivity contribution in [1.82, 2.24) is 10.3 Å². The van der Waals surface area contributed by atoms with Gasteiger partial charge in [-0.25, -0.2) is 4.98 Å². The van der Waals surface area contributed by atoms with Crippen LogP contribution in [-0.2, 0) is 6.54 Å². The fourth-order valence-corrected chi connectivity index (χ4v) is 1.67. The highest BCUT2D eigenvalue weighted by Crippen LogP contribution is 2.09. The number of aromatic nitrogens is 1. The Morgan fingerprint density at radius 1 is 1.67 bits per heavy atom. The molecular weight excluding hydrogens is 174 g/mol. The predicted octanol–water partition coefficient (Wildman–Crippen LogP) is 0.867. The molecule has 64 valence electrons. The molecule has 4 nitrogen and oxygen atoms in total. The van der Waals surface area contributed by atoms with Crippen molar-refractivity contribution in [2.24, 2.45) is 4.99 Å². The third-order valence-electron chi connectivity index (χ3n) is 1.49. The fraction of sp³-hybridized carbons (Fsp3) is 0.429. The van der Waals surface area contributed by atoms with Crippen molar-refractivity contribution < 1.29 is 4.42 Å². The van der Waals surface area contributed by atoms with Crippen molar-refractivity contribution in [1.29, 1.82) is 0 Å². The Bertz CT molecular complexity index is 270. The molecule has 0 fully saturated rings. The van der Waals surface area contributed by atoms with Crippen LogP contribution in [0.25, 0.3) is 0 Å². The summed E-state index contributed by atoms with van der Waals surface area (Å²) in [6.45, 7) is 1.62. The van der Waals surface area contributed by atoms with E-state index in [2.05, 4.69) is 15.3 Å². The van der Waals surface area contributed by atoms with Crippen LogP contribution >= 0.6 is 11.8 Å². The summed E-state index contributed by atoms with van der Waals surface area (Å²) in [5.41, 5.74) is 0.908. The third-order valence-corrected chi connectivity index (χ3v) is 2.42. The third kappa shape index (κ3) is 1.79. The molecule has 1 aromatic rings. The van der Waals surface area contributed by atoms with Gasteiger partial charge in [0.25, 0.3) is 0 Å². The number of oxazole rings is 1. The quantitative estimate of drug-likeness (QED) is 0.739. The standard InChI is InChI=1S/C7H9N3OS/c1-2-12-7(8-1)9-3-6-4-11-5-10-6/h4-5H,1-3H2,(H,8,9). The zero-order chi connectivity index (χ0) is 8.23. The molecule has 0 spiro atoms. The van der Waals surface area contributed by atoms with Crippen molar-refractivity contribution in [3.8, 4) is 0 Å². The number of amidine groups is 1. The fourth-order valence-electron chi connectivity index (χ4n) is 0.933. The van der Waals surface area contributed by atoms with E-state index in [4.69, 9.17) is 4.42 Å². The normalized spacial score (nSPS) is 16.2. The van der Waals surface area contributed by atoms with Crippen LogP contribution in [0, 0.1) is 0 Å². The van der Waals surface area contributed by atoms with E-state index < -0.39 is 0 Å². The molecule has 0 radical (unpaired) electrons. The summed E-state index contributed by atoms with van der Waals surface area (Å²) in [6, 6.07) is 0. The van der Waals surface area contributed by atoms with Crippen molar-refractivity contribution in [2.45, 2.75) is 6.54 Å². The Hall–Kier alpha value is -0.970. The van der Waals surface area contributed by atoms with Crippen LogP contribution in [0.2, 0.25) is 0 Å². The second kappa shape index (κ2) is 3.62. The summed E-state index contributed by atoms with van der Waals surface area (Å²) < 4.78 is 4.83. The molecule has 1 N–H and O–H groups in total. The minimum Gasteiger partial charge on any atom is -0.451 e. The van der Waals surface area contributed by atoms with Gasteiger partial charge in [0, 0.05) is 5.75 Å². The number of hydrogen-bond acceptors (Lipinski definition) is 5. The van der Waals surface area contributed by atoms with Gasteiger partial charge in [0.2, 0.25) is 0 Å². The molecule has 5 heteroatoms. The van der Waals surface area contributed by atoms with Gasteiger partial charge in [-0.2, -0.15) is 0 Å². The summed E-state index contributed by atoms with van der Waals surface area (Å²) in [7, 11) is 0. The maximum absolute atomic E-state index is 4.83. The van der Waals surface area contributed by atoms with E-state index in [0.29, 0.717) is 6.54 Å². The van der Waals surface area contributed by atoms with Gasteiger partial charge in [-0.05, 0) is 0 Å². The first-order valence-corrected chi connectivity index (χ1v) is 4.72. The largest absolute Gasteiger partial charge is 0.451 e. The average molecular weight is 183 g/mol. The first-order chi connectivity index (χ1) is 5.95. The molecule has 0 atom stereocenters. The molecular formula is C7H9N3OS. The van der Waals surface area contributed by atoms with E-state index in [1.54, 1.807) is 18.0 Å². The van der Waals surface area contributed by atoms with E-state index in [9.17, 15) is 0 Å². The Morgan fingerprint density at radius 3 is 3.33 bits per heavy atom. The minimum absolute atomic E-state index is 0.697. The van der Waals surface area contributed by atoms with Gasteiger partial charge in [0.15, 0.2) is 11.6 Å². The summed E-state index contributed by atoms with van der Waals surface area (Å²) in [5, 5.41) is 4.19. The predicted molar refractivity (Wildman–Crippen MR) is 48.1 cm³/mol. The Labute approximate surface area is 74.5 Å². The number of nitrogens with one attached hydrogen (secondary N) is 1. The minimum atomic E-state index is 0.697. The first kappa shape index (κ1) is 7.67.